The number of carbonyl (C=O) groups excluding carboxylic acids is 2. The lowest BCUT2D eigenvalue weighted by Crippen LogP contribution is -2.53. The molecule has 1 saturated heterocycles. The normalized spacial score (nSPS) is 25.1. The number of nitrogens with one attached hydrogen (secondary N) is 2. The van der Waals surface area contributed by atoms with E-state index in [9.17, 15) is 9.59 Å². The molecule has 0 aliphatic carbocycles. The zero-order valence-electron chi connectivity index (χ0n) is 8.84. The minimum atomic E-state index is -0.611. The van der Waals surface area contributed by atoms with E-state index in [4.69, 9.17) is 5.73 Å². The first-order valence-corrected chi connectivity index (χ1v) is 5.06. The second kappa shape index (κ2) is 5.09. The first-order chi connectivity index (χ1) is 7.10. The molecule has 0 saturated carbocycles. The highest BCUT2D eigenvalue weighted by Crippen LogP contribution is 2.22. The van der Waals surface area contributed by atoms with Gasteiger partial charge in [0.15, 0.2) is 6.61 Å². The van der Waals surface area contributed by atoms with Crippen LogP contribution < -0.4 is 16.5 Å². The molecule has 0 radical (unpaired) electrons. The molecule has 4 N–H and O–H groups in total. The molecule has 0 aromatic carbocycles. The molecule has 1 aliphatic heterocycles. The van der Waals surface area contributed by atoms with E-state index in [2.05, 4.69) is 15.6 Å². The SMILES string of the molecule is CCC1(C(=O)NOCC(N)=O)CCCN1. The van der Waals surface area contributed by atoms with Crippen LogP contribution in [0.4, 0.5) is 0 Å². The van der Waals surface area contributed by atoms with Crippen LogP contribution in [0.3, 0.4) is 0 Å². The number of hydrogen-bond acceptors (Lipinski definition) is 4. The van der Waals surface area contributed by atoms with Crippen LogP contribution in [0.1, 0.15) is 26.2 Å². The van der Waals surface area contributed by atoms with E-state index in [0.717, 1.165) is 19.4 Å². The zero-order chi connectivity index (χ0) is 11.3. The van der Waals surface area contributed by atoms with Crippen LogP contribution in [-0.4, -0.2) is 30.5 Å². The molecular formula is C9H17N3O3. The van der Waals surface area contributed by atoms with Gasteiger partial charge >= 0.3 is 0 Å². The van der Waals surface area contributed by atoms with E-state index in [1.165, 1.54) is 0 Å². The van der Waals surface area contributed by atoms with Crippen molar-refractivity contribution in [3.63, 3.8) is 0 Å². The fraction of sp³-hybridized carbons (Fsp3) is 0.778. The molecule has 1 atom stereocenters. The van der Waals surface area contributed by atoms with Crippen molar-refractivity contribution in [2.45, 2.75) is 31.7 Å². The Morgan fingerprint density at radius 2 is 2.33 bits per heavy atom. The molecule has 0 bridgehead atoms. The topological polar surface area (TPSA) is 93.4 Å². The van der Waals surface area contributed by atoms with Gasteiger partial charge in [0.25, 0.3) is 5.91 Å². The van der Waals surface area contributed by atoms with E-state index in [-0.39, 0.29) is 12.5 Å². The van der Waals surface area contributed by atoms with Crippen molar-refractivity contribution in [1.82, 2.24) is 10.8 Å². The molecule has 2 amide bonds. The Morgan fingerprint density at radius 1 is 1.60 bits per heavy atom. The molecule has 1 heterocycles. The largest absolute Gasteiger partial charge is 0.368 e. The number of carbonyl (C=O) groups is 2. The molecule has 1 aliphatic rings. The van der Waals surface area contributed by atoms with Gasteiger partial charge in [-0.15, -0.1) is 0 Å². The summed E-state index contributed by atoms with van der Waals surface area (Å²) >= 11 is 0. The third kappa shape index (κ3) is 2.90. The summed E-state index contributed by atoms with van der Waals surface area (Å²) in [5, 5.41) is 3.15. The van der Waals surface area contributed by atoms with Crippen LogP contribution in [0.25, 0.3) is 0 Å². The fourth-order valence-corrected chi connectivity index (χ4v) is 1.73. The van der Waals surface area contributed by atoms with Crippen LogP contribution in [0.2, 0.25) is 0 Å². The molecule has 86 valence electrons. The van der Waals surface area contributed by atoms with Crippen LogP contribution in [0.15, 0.2) is 0 Å². The molecular weight excluding hydrogens is 198 g/mol. The summed E-state index contributed by atoms with van der Waals surface area (Å²) in [7, 11) is 0. The summed E-state index contributed by atoms with van der Waals surface area (Å²) in [5.74, 6) is -0.844. The van der Waals surface area contributed by atoms with Crippen molar-refractivity contribution >= 4 is 11.8 Å². The van der Waals surface area contributed by atoms with Crippen molar-refractivity contribution in [2.75, 3.05) is 13.2 Å². The van der Waals surface area contributed by atoms with E-state index >= 15 is 0 Å². The van der Waals surface area contributed by atoms with Crippen molar-refractivity contribution in [2.24, 2.45) is 5.73 Å². The molecule has 0 aromatic heterocycles. The fourth-order valence-electron chi connectivity index (χ4n) is 1.73. The Hall–Kier alpha value is -1.14. The van der Waals surface area contributed by atoms with Crippen LogP contribution in [0.5, 0.6) is 0 Å². The monoisotopic (exact) mass is 215 g/mol. The summed E-state index contributed by atoms with van der Waals surface area (Å²) in [6.45, 7) is 2.47. The van der Waals surface area contributed by atoms with E-state index in [1.54, 1.807) is 0 Å². The standard InChI is InChI=1S/C9H17N3O3/c1-2-9(4-3-5-11-9)8(14)12-15-6-7(10)13/h11H,2-6H2,1H3,(H2,10,13)(H,12,14). The van der Waals surface area contributed by atoms with Gasteiger partial charge < -0.3 is 11.1 Å². The summed E-state index contributed by atoms with van der Waals surface area (Å²) in [6, 6.07) is 0. The second-order valence-electron chi connectivity index (χ2n) is 3.65. The van der Waals surface area contributed by atoms with Crippen LogP contribution in [-0.2, 0) is 14.4 Å². The zero-order valence-corrected chi connectivity index (χ0v) is 8.84. The molecule has 6 nitrogen and oxygen atoms in total. The lowest BCUT2D eigenvalue weighted by atomic mass is 9.94. The first kappa shape index (κ1) is 11.9. The number of amides is 2. The minimum absolute atomic E-state index is 0.233. The van der Waals surface area contributed by atoms with Gasteiger partial charge in [0.05, 0.1) is 5.54 Å². The van der Waals surface area contributed by atoms with Crippen molar-refractivity contribution in [1.29, 1.82) is 0 Å². The Labute approximate surface area is 88.5 Å². The van der Waals surface area contributed by atoms with Crippen molar-refractivity contribution < 1.29 is 14.4 Å². The molecule has 0 aromatic rings. The third-order valence-electron chi connectivity index (χ3n) is 2.66. The summed E-state index contributed by atoms with van der Waals surface area (Å²) < 4.78 is 0. The summed E-state index contributed by atoms with van der Waals surface area (Å²) in [6.07, 6.45) is 2.45. The van der Waals surface area contributed by atoms with E-state index in [0.29, 0.717) is 6.42 Å². The van der Waals surface area contributed by atoms with Gasteiger partial charge in [-0.05, 0) is 25.8 Å². The Kier molecular flexibility index (Phi) is 4.05. The Bertz CT molecular complexity index is 249. The first-order valence-electron chi connectivity index (χ1n) is 5.06. The van der Waals surface area contributed by atoms with Crippen LogP contribution >= 0.6 is 0 Å². The maximum Gasteiger partial charge on any atom is 0.263 e. The maximum atomic E-state index is 11.7. The maximum absolute atomic E-state index is 11.7. The number of hydrogen-bond donors (Lipinski definition) is 3. The van der Waals surface area contributed by atoms with Gasteiger partial charge in [-0.25, -0.2) is 5.48 Å². The average molecular weight is 215 g/mol. The molecule has 1 rings (SSSR count). The number of nitrogens with two attached hydrogens (primary N) is 1. The van der Waals surface area contributed by atoms with E-state index in [1.807, 2.05) is 6.92 Å². The lowest BCUT2D eigenvalue weighted by Gasteiger charge is -2.25. The summed E-state index contributed by atoms with van der Waals surface area (Å²) in [4.78, 5) is 26.8. The number of rotatable bonds is 5. The predicted molar refractivity (Wildman–Crippen MR) is 53.5 cm³/mol. The molecule has 0 spiro atoms. The highest BCUT2D eigenvalue weighted by molar-refractivity contribution is 5.86. The number of hydroxylamine groups is 1. The van der Waals surface area contributed by atoms with Gasteiger partial charge in [0.2, 0.25) is 5.91 Å². The second-order valence-corrected chi connectivity index (χ2v) is 3.65. The van der Waals surface area contributed by atoms with Crippen molar-refractivity contribution in [3.8, 4) is 0 Å². The van der Waals surface area contributed by atoms with Crippen LogP contribution in [0, 0.1) is 0 Å². The quantitative estimate of drug-likeness (QED) is 0.515. The van der Waals surface area contributed by atoms with Gasteiger partial charge in [-0.3, -0.25) is 14.4 Å². The van der Waals surface area contributed by atoms with Gasteiger partial charge in [-0.1, -0.05) is 6.92 Å². The highest BCUT2D eigenvalue weighted by Gasteiger charge is 2.39. The third-order valence-corrected chi connectivity index (χ3v) is 2.66. The number of primary amides is 1. The predicted octanol–water partition coefficient (Wildman–Crippen LogP) is -0.948. The van der Waals surface area contributed by atoms with E-state index < -0.39 is 11.4 Å². The smallest absolute Gasteiger partial charge is 0.263 e. The highest BCUT2D eigenvalue weighted by atomic mass is 16.7. The Balaban J connectivity index is 2.40. The lowest BCUT2D eigenvalue weighted by molar-refractivity contribution is -0.143. The average Bonchev–Trinajstić information content (AvgIpc) is 2.66. The Morgan fingerprint density at radius 3 is 2.80 bits per heavy atom. The van der Waals surface area contributed by atoms with Gasteiger partial charge in [0, 0.05) is 0 Å². The van der Waals surface area contributed by atoms with Gasteiger partial charge in [-0.2, -0.15) is 0 Å². The van der Waals surface area contributed by atoms with Crippen molar-refractivity contribution in [3.05, 3.63) is 0 Å². The molecule has 1 unspecified atom stereocenters. The molecule has 15 heavy (non-hydrogen) atoms. The van der Waals surface area contributed by atoms with Gasteiger partial charge in [0.1, 0.15) is 0 Å². The molecule has 6 heteroatoms. The minimum Gasteiger partial charge on any atom is -0.368 e. The molecule has 1 fully saturated rings. The summed E-state index contributed by atoms with van der Waals surface area (Å²) in [5.41, 5.74) is 6.57.